The first-order valence-corrected chi connectivity index (χ1v) is 9.10. The van der Waals surface area contributed by atoms with E-state index in [2.05, 4.69) is 10.0 Å². The zero-order valence-electron chi connectivity index (χ0n) is 12.5. The van der Waals surface area contributed by atoms with Gasteiger partial charge in [-0.2, -0.15) is 0 Å². The van der Waals surface area contributed by atoms with Gasteiger partial charge in [-0.05, 0) is 24.8 Å². The Kier molecular flexibility index (Phi) is 6.35. The Labute approximate surface area is 131 Å². The highest BCUT2D eigenvalue weighted by atomic mass is 32.2. The maximum Gasteiger partial charge on any atom is 0.235 e. The SMILES string of the molecule is O=C(CNS(=O)(=O)CCc1ccccc1)NCC1CCCO1. The van der Waals surface area contributed by atoms with Gasteiger partial charge in [0, 0.05) is 13.2 Å². The van der Waals surface area contributed by atoms with Gasteiger partial charge in [-0.1, -0.05) is 30.3 Å². The number of aryl methyl sites for hydroxylation is 1. The molecule has 1 atom stereocenters. The van der Waals surface area contributed by atoms with Crippen molar-refractivity contribution in [3.05, 3.63) is 35.9 Å². The van der Waals surface area contributed by atoms with Crippen LogP contribution < -0.4 is 10.0 Å². The number of carbonyl (C=O) groups excluding carboxylic acids is 1. The molecule has 1 saturated heterocycles. The number of hydrogen-bond donors (Lipinski definition) is 2. The fourth-order valence-corrected chi connectivity index (χ4v) is 3.24. The summed E-state index contributed by atoms with van der Waals surface area (Å²) in [4.78, 5) is 11.6. The van der Waals surface area contributed by atoms with Crippen LogP contribution in [-0.4, -0.2) is 45.9 Å². The molecule has 22 heavy (non-hydrogen) atoms. The summed E-state index contributed by atoms with van der Waals surface area (Å²) < 4.78 is 31.4. The van der Waals surface area contributed by atoms with Gasteiger partial charge < -0.3 is 10.1 Å². The zero-order chi connectivity index (χ0) is 15.8. The van der Waals surface area contributed by atoms with E-state index in [-0.39, 0.29) is 24.3 Å². The quantitative estimate of drug-likeness (QED) is 0.726. The Morgan fingerprint density at radius 3 is 2.73 bits per heavy atom. The van der Waals surface area contributed by atoms with E-state index in [0.717, 1.165) is 25.0 Å². The van der Waals surface area contributed by atoms with E-state index in [1.54, 1.807) is 0 Å². The van der Waals surface area contributed by atoms with Crippen LogP contribution in [0.3, 0.4) is 0 Å². The maximum absolute atomic E-state index is 11.9. The van der Waals surface area contributed by atoms with Gasteiger partial charge in [-0.15, -0.1) is 0 Å². The standard InChI is InChI=1S/C15H22N2O4S/c18-15(16-11-14-7-4-9-21-14)12-17-22(19,20)10-8-13-5-2-1-3-6-13/h1-3,5-6,14,17H,4,7-12H2,(H,16,18). The highest BCUT2D eigenvalue weighted by Crippen LogP contribution is 2.10. The summed E-state index contributed by atoms with van der Waals surface area (Å²) in [5.41, 5.74) is 0.954. The third kappa shape index (κ3) is 6.13. The summed E-state index contributed by atoms with van der Waals surface area (Å²) in [6.07, 6.45) is 2.42. The molecule has 0 aliphatic carbocycles. The first kappa shape index (κ1) is 16.9. The van der Waals surface area contributed by atoms with Crippen LogP contribution >= 0.6 is 0 Å². The van der Waals surface area contributed by atoms with Gasteiger partial charge in [0.1, 0.15) is 0 Å². The Balaban J connectivity index is 1.66. The lowest BCUT2D eigenvalue weighted by molar-refractivity contribution is -0.120. The highest BCUT2D eigenvalue weighted by molar-refractivity contribution is 7.89. The molecule has 1 aliphatic heterocycles. The number of sulfonamides is 1. The molecule has 2 N–H and O–H groups in total. The third-order valence-corrected chi connectivity index (χ3v) is 4.83. The zero-order valence-corrected chi connectivity index (χ0v) is 13.3. The average Bonchev–Trinajstić information content (AvgIpc) is 3.04. The van der Waals surface area contributed by atoms with Crippen molar-refractivity contribution in [2.75, 3.05) is 25.4 Å². The van der Waals surface area contributed by atoms with Gasteiger partial charge in [-0.3, -0.25) is 4.79 Å². The van der Waals surface area contributed by atoms with E-state index in [4.69, 9.17) is 4.74 Å². The molecular formula is C15H22N2O4S. The number of amides is 1. The molecule has 1 aromatic carbocycles. The van der Waals surface area contributed by atoms with Crippen molar-refractivity contribution in [3.63, 3.8) is 0 Å². The predicted octanol–water partition coefficient (Wildman–Crippen LogP) is 0.444. The Morgan fingerprint density at radius 1 is 1.27 bits per heavy atom. The Hall–Kier alpha value is -1.44. The van der Waals surface area contributed by atoms with Crippen LogP contribution in [0.1, 0.15) is 18.4 Å². The van der Waals surface area contributed by atoms with Crippen LogP contribution in [0, 0.1) is 0 Å². The van der Waals surface area contributed by atoms with E-state index >= 15 is 0 Å². The second-order valence-corrected chi connectivity index (χ2v) is 7.24. The largest absolute Gasteiger partial charge is 0.376 e. The molecule has 1 heterocycles. The summed E-state index contributed by atoms with van der Waals surface area (Å²) in [5, 5.41) is 2.68. The Bertz CT molecular complexity index is 568. The molecule has 1 fully saturated rings. The number of carbonyl (C=O) groups is 1. The minimum atomic E-state index is -3.45. The number of nitrogens with one attached hydrogen (secondary N) is 2. The molecule has 1 amide bonds. The molecule has 1 aromatic rings. The van der Waals surface area contributed by atoms with Crippen molar-refractivity contribution in [2.45, 2.75) is 25.4 Å². The van der Waals surface area contributed by atoms with Gasteiger partial charge in [0.2, 0.25) is 15.9 Å². The fourth-order valence-electron chi connectivity index (χ4n) is 2.24. The van der Waals surface area contributed by atoms with Crippen LogP contribution in [0.15, 0.2) is 30.3 Å². The first-order valence-electron chi connectivity index (χ1n) is 7.45. The summed E-state index contributed by atoms with van der Waals surface area (Å²) >= 11 is 0. The van der Waals surface area contributed by atoms with E-state index in [1.165, 1.54) is 0 Å². The maximum atomic E-state index is 11.9. The molecule has 7 heteroatoms. The van der Waals surface area contributed by atoms with E-state index < -0.39 is 10.0 Å². The molecule has 122 valence electrons. The van der Waals surface area contributed by atoms with E-state index in [1.807, 2.05) is 30.3 Å². The minimum Gasteiger partial charge on any atom is -0.376 e. The summed E-state index contributed by atoms with van der Waals surface area (Å²) in [7, 11) is -3.45. The second-order valence-electron chi connectivity index (χ2n) is 5.31. The fraction of sp³-hybridized carbons (Fsp3) is 0.533. The van der Waals surface area contributed by atoms with Crippen LogP contribution in [-0.2, 0) is 26.0 Å². The van der Waals surface area contributed by atoms with Crippen molar-refractivity contribution in [1.29, 1.82) is 0 Å². The lowest BCUT2D eigenvalue weighted by Gasteiger charge is -2.11. The second kappa shape index (κ2) is 8.26. The van der Waals surface area contributed by atoms with Crippen molar-refractivity contribution in [3.8, 4) is 0 Å². The van der Waals surface area contributed by atoms with Gasteiger partial charge in [0.05, 0.1) is 18.4 Å². The molecular weight excluding hydrogens is 304 g/mol. The van der Waals surface area contributed by atoms with Crippen molar-refractivity contribution in [1.82, 2.24) is 10.0 Å². The molecule has 2 rings (SSSR count). The number of hydrogen-bond acceptors (Lipinski definition) is 4. The summed E-state index contributed by atoms with van der Waals surface area (Å²) in [6, 6.07) is 9.38. The van der Waals surface area contributed by atoms with Crippen molar-refractivity contribution >= 4 is 15.9 Å². The van der Waals surface area contributed by atoms with Gasteiger partial charge in [-0.25, -0.2) is 13.1 Å². The lowest BCUT2D eigenvalue weighted by Crippen LogP contribution is -2.40. The van der Waals surface area contributed by atoms with E-state index in [0.29, 0.717) is 13.0 Å². The number of rotatable bonds is 8. The van der Waals surface area contributed by atoms with Gasteiger partial charge in [0.25, 0.3) is 0 Å². The summed E-state index contributed by atoms with van der Waals surface area (Å²) in [5.74, 6) is -0.366. The van der Waals surface area contributed by atoms with Gasteiger partial charge in [0.15, 0.2) is 0 Å². The van der Waals surface area contributed by atoms with E-state index in [9.17, 15) is 13.2 Å². The number of ether oxygens (including phenoxy) is 1. The molecule has 1 unspecified atom stereocenters. The van der Waals surface area contributed by atoms with Crippen LogP contribution in [0.2, 0.25) is 0 Å². The molecule has 0 bridgehead atoms. The summed E-state index contributed by atoms with van der Waals surface area (Å²) in [6.45, 7) is 0.932. The molecule has 0 aromatic heterocycles. The van der Waals surface area contributed by atoms with Crippen molar-refractivity contribution in [2.24, 2.45) is 0 Å². The molecule has 6 nitrogen and oxygen atoms in total. The normalized spacial score (nSPS) is 18.3. The molecule has 0 radical (unpaired) electrons. The lowest BCUT2D eigenvalue weighted by atomic mass is 10.2. The highest BCUT2D eigenvalue weighted by Gasteiger charge is 2.17. The predicted molar refractivity (Wildman–Crippen MR) is 83.9 cm³/mol. The molecule has 0 saturated carbocycles. The number of benzene rings is 1. The monoisotopic (exact) mass is 326 g/mol. The van der Waals surface area contributed by atoms with Crippen molar-refractivity contribution < 1.29 is 17.9 Å². The topological polar surface area (TPSA) is 84.5 Å². The average molecular weight is 326 g/mol. The van der Waals surface area contributed by atoms with Gasteiger partial charge >= 0.3 is 0 Å². The molecule has 1 aliphatic rings. The van der Waals surface area contributed by atoms with Crippen LogP contribution in [0.4, 0.5) is 0 Å². The van der Waals surface area contributed by atoms with Crippen LogP contribution in [0.25, 0.3) is 0 Å². The molecule has 0 spiro atoms. The Morgan fingerprint density at radius 2 is 2.05 bits per heavy atom. The third-order valence-electron chi connectivity index (χ3n) is 3.51. The first-order chi connectivity index (χ1) is 10.6. The minimum absolute atomic E-state index is 0.0317. The smallest absolute Gasteiger partial charge is 0.235 e. The van der Waals surface area contributed by atoms with Crippen LogP contribution in [0.5, 0.6) is 0 Å².